The lowest BCUT2D eigenvalue weighted by molar-refractivity contribution is 0.143. The first-order valence-corrected chi connectivity index (χ1v) is 14.4. The van der Waals surface area contributed by atoms with E-state index in [1.165, 1.54) is 32.1 Å². The van der Waals surface area contributed by atoms with Gasteiger partial charge in [0.1, 0.15) is 0 Å². The highest BCUT2D eigenvalue weighted by atomic mass is 32.9. The molecule has 0 bridgehead atoms. The summed E-state index contributed by atoms with van der Waals surface area (Å²) in [6.45, 7) is 17.7. The fourth-order valence-corrected chi connectivity index (χ4v) is 10.00. The van der Waals surface area contributed by atoms with E-state index < -0.39 is 5.69 Å². The Morgan fingerprint density at radius 3 is 1.68 bits per heavy atom. The van der Waals surface area contributed by atoms with Crippen LogP contribution in [0.25, 0.3) is 0 Å². The molecule has 0 radical (unpaired) electrons. The monoisotopic (exact) mass is 410 g/mol. The van der Waals surface area contributed by atoms with Crippen LogP contribution in [0.2, 0.25) is 0 Å². The van der Waals surface area contributed by atoms with Crippen molar-refractivity contribution in [3.8, 4) is 0 Å². The SMILES string of the molecule is CCCCCCC(C)SP(=S)(OC(C)CC(C)C)OC(C)CC(C)C. The maximum atomic E-state index is 6.37. The van der Waals surface area contributed by atoms with Gasteiger partial charge in [-0.15, -0.1) is 0 Å². The van der Waals surface area contributed by atoms with E-state index in [9.17, 15) is 0 Å². The summed E-state index contributed by atoms with van der Waals surface area (Å²) in [5.74, 6) is 1.23. The predicted octanol–water partition coefficient (Wildman–Crippen LogP) is 8.21. The summed E-state index contributed by atoms with van der Waals surface area (Å²) in [5.41, 5.74) is -2.31. The van der Waals surface area contributed by atoms with Crippen molar-refractivity contribution >= 4 is 28.9 Å². The minimum Gasteiger partial charge on any atom is -0.319 e. The van der Waals surface area contributed by atoms with Gasteiger partial charge < -0.3 is 9.05 Å². The quantitative estimate of drug-likeness (QED) is 0.200. The zero-order chi connectivity index (χ0) is 19.5. The van der Waals surface area contributed by atoms with Crippen LogP contribution in [0.5, 0.6) is 0 Å². The molecule has 5 heteroatoms. The molecule has 0 aromatic carbocycles. The van der Waals surface area contributed by atoms with Gasteiger partial charge in [0.2, 0.25) is 5.69 Å². The van der Waals surface area contributed by atoms with Gasteiger partial charge >= 0.3 is 0 Å². The first kappa shape index (κ1) is 25.9. The van der Waals surface area contributed by atoms with Crippen LogP contribution in [-0.4, -0.2) is 17.5 Å². The summed E-state index contributed by atoms with van der Waals surface area (Å²) >= 11 is 7.76. The topological polar surface area (TPSA) is 18.5 Å². The van der Waals surface area contributed by atoms with Crippen LogP contribution >= 0.6 is 17.1 Å². The van der Waals surface area contributed by atoms with Crippen molar-refractivity contribution in [2.24, 2.45) is 11.8 Å². The molecule has 0 fully saturated rings. The Hall–Kier alpha value is 0.920. The summed E-state index contributed by atoms with van der Waals surface area (Å²) < 4.78 is 12.7. The second-order valence-corrected chi connectivity index (χ2v) is 14.8. The molecule has 0 amide bonds. The predicted molar refractivity (Wildman–Crippen MR) is 120 cm³/mol. The lowest BCUT2D eigenvalue weighted by atomic mass is 10.1. The maximum absolute atomic E-state index is 6.37. The first-order valence-electron chi connectivity index (χ1n) is 10.2. The van der Waals surface area contributed by atoms with Crippen LogP contribution in [-0.2, 0) is 20.9 Å². The Morgan fingerprint density at radius 1 is 0.800 bits per heavy atom. The highest BCUT2D eigenvalue weighted by molar-refractivity contribution is 8.68. The molecule has 0 aromatic heterocycles. The summed E-state index contributed by atoms with van der Waals surface area (Å²) in [7, 11) is 0. The van der Waals surface area contributed by atoms with E-state index in [4.69, 9.17) is 20.9 Å². The Kier molecular flexibility index (Phi) is 14.5. The smallest absolute Gasteiger partial charge is 0.248 e. The average molecular weight is 411 g/mol. The standard InChI is InChI=1S/C20H43O2PS2/c1-9-10-11-12-13-20(8)25-23(24,21-18(6)14-16(2)3)22-19(7)15-17(4)5/h16-20H,9-15H2,1-8H3. The summed E-state index contributed by atoms with van der Waals surface area (Å²) in [4.78, 5) is 0. The number of unbranched alkanes of at least 4 members (excludes halogenated alkanes) is 3. The molecule has 0 saturated carbocycles. The maximum Gasteiger partial charge on any atom is 0.248 e. The number of hydrogen-bond donors (Lipinski definition) is 0. The summed E-state index contributed by atoms with van der Waals surface area (Å²) in [6.07, 6.45) is 8.80. The second kappa shape index (κ2) is 14.0. The average Bonchev–Trinajstić information content (AvgIpc) is 2.40. The molecule has 0 spiro atoms. The molecule has 0 saturated heterocycles. The zero-order valence-electron chi connectivity index (χ0n) is 17.9. The van der Waals surface area contributed by atoms with Gasteiger partial charge in [-0.2, -0.15) is 0 Å². The highest BCUT2D eigenvalue weighted by Gasteiger charge is 2.28. The Balaban J connectivity index is 4.77. The van der Waals surface area contributed by atoms with E-state index in [-0.39, 0.29) is 12.2 Å². The minimum atomic E-state index is -2.31. The highest BCUT2D eigenvalue weighted by Crippen LogP contribution is 2.65. The normalized spacial score (nSPS) is 18.3. The fraction of sp³-hybridized carbons (Fsp3) is 1.00. The Morgan fingerprint density at radius 2 is 1.28 bits per heavy atom. The van der Waals surface area contributed by atoms with Crippen LogP contribution in [0.3, 0.4) is 0 Å². The van der Waals surface area contributed by atoms with Gasteiger partial charge in [-0.1, -0.05) is 78.6 Å². The van der Waals surface area contributed by atoms with Crippen molar-refractivity contribution in [3.63, 3.8) is 0 Å². The minimum absolute atomic E-state index is 0.164. The molecule has 0 aliphatic carbocycles. The third-order valence-electron chi connectivity index (χ3n) is 4.00. The van der Waals surface area contributed by atoms with E-state index in [0.29, 0.717) is 17.1 Å². The largest absolute Gasteiger partial charge is 0.319 e. The molecule has 0 aliphatic rings. The van der Waals surface area contributed by atoms with Crippen molar-refractivity contribution < 1.29 is 9.05 Å². The van der Waals surface area contributed by atoms with E-state index in [1.54, 1.807) is 11.4 Å². The zero-order valence-corrected chi connectivity index (χ0v) is 20.4. The molecular formula is C20H43O2PS2. The third-order valence-corrected chi connectivity index (χ3v) is 9.75. The lowest BCUT2D eigenvalue weighted by Gasteiger charge is -2.31. The van der Waals surface area contributed by atoms with Crippen LogP contribution in [0.1, 0.15) is 100 Å². The molecule has 0 rings (SSSR count). The molecule has 3 atom stereocenters. The summed E-state index contributed by atoms with van der Waals surface area (Å²) in [6, 6.07) is 0. The van der Waals surface area contributed by atoms with Crippen LogP contribution in [0.15, 0.2) is 0 Å². The van der Waals surface area contributed by atoms with Gasteiger partial charge in [0.25, 0.3) is 0 Å². The number of hydrogen-bond acceptors (Lipinski definition) is 4. The van der Waals surface area contributed by atoms with Crippen LogP contribution < -0.4 is 0 Å². The van der Waals surface area contributed by atoms with Gasteiger partial charge in [0.05, 0.1) is 12.2 Å². The second-order valence-electron chi connectivity index (χ2n) is 8.30. The van der Waals surface area contributed by atoms with Gasteiger partial charge in [0, 0.05) is 5.25 Å². The van der Waals surface area contributed by atoms with Crippen molar-refractivity contribution in [1.29, 1.82) is 0 Å². The van der Waals surface area contributed by atoms with Gasteiger partial charge in [-0.3, -0.25) is 0 Å². The molecule has 152 valence electrons. The molecule has 3 unspecified atom stereocenters. The van der Waals surface area contributed by atoms with Crippen molar-refractivity contribution in [2.75, 3.05) is 0 Å². The van der Waals surface area contributed by atoms with Gasteiger partial charge in [-0.05, 0) is 56.8 Å². The van der Waals surface area contributed by atoms with Crippen LogP contribution in [0, 0.1) is 11.8 Å². The fourth-order valence-electron chi connectivity index (χ4n) is 3.06. The summed E-state index contributed by atoms with van der Waals surface area (Å²) in [5, 5.41) is 0.500. The first-order chi connectivity index (χ1) is 11.6. The molecular weight excluding hydrogens is 367 g/mol. The molecule has 2 nitrogen and oxygen atoms in total. The third kappa shape index (κ3) is 14.6. The Labute approximate surface area is 167 Å². The van der Waals surface area contributed by atoms with Crippen molar-refractivity contribution in [2.45, 2.75) is 118 Å². The lowest BCUT2D eigenvalue weighted by Crippen LogP contribution is -2.15. The molecule has 0 heterocycles. The molecule has 0 aliphatic heterocycles. The Bertz CT molecular complexity index is 353. The van der Waals surface area contributed by atoms with Crippen LogP contribution in [0.4, 0.5) is 0 Å². The van der Waals surface area contributed by atoms with Gasteiger partial charge in [0.15, 0.2) is 0 Å². The van der Waals surface area contributed by atoms with E-state index in [1.807, 2.05) is 0 Å². The number of rotatable bonds is 15. The van der Waals surface area contributed by atoms with Crippen molar-refractivity contribution in [1.82, 2.24) is 0 Å². The van der Waals surface area contributed by atoms with E-state index in [2.05, 4.69) is 55.4 Å². The van der Waals surface area contributed by atoms with E-state index in [0.717, 1.165) is 12.8 Å². The van der Waals surface area contributed by atoms with Gasteiger partial charge in [-0.25, -0.2) is 0 Å². The van der Waals surface area contributed by atoms with Crippen molar-refractivity contribution in [3.05, 3.63) is 0 Å². The molecule has 0 N–H and O–H groups in total. The molecule has 0 aromatic rings. The molecule has 25 heavy (non-hydrogen) atoms. The van der Waals surface area contributed by atoms with E-state index >= 15 is 0 Å².